The predicted octanol–water partition coefficient (Wildman–Crippen LogP) is 3.86. The van der Waals surface area contributed by atoms with Crippen molar-refractivity contribution in [1.82, 2.24) is 9.88 Å². The highest BCUT2D eigenvalue weighted by molar-refractivity contribution is 5.98. The Balaban J connectivity index is 1.37. The van der Waals surface area contributed by atoms with Crippen LogP contribution in [0.2, 0.25) is 0 Å². The molecule has 5 nitrogen and oxygen atoms in total. The number of hydrogen-bond acceptors (Lipinski definition) is 3. The zero-order chi connectivity index (χ0) is 20.4. The number of H-pyrrole nitrogens is 1. The molecule has 1 saturated heterocycles. The first-order valence-corrected chi connectivity index (χ1v) is 9.89. The fourth-order valence-corrected chi connectivity index (χ4v) is 3.99. The van der Waals surface area contributed by atoms with Crippen LogP contribution in [0, 0.1) is 11.7 Å². The summed E-state index contributed by atoms with van der Waals surface area (Å²) in [4.78, 5) is 28.5. The SMILES string of the molecule is O=C(c1cc(F)c2[nH]c(=O)ccc2c1)N1CCC(CCc2ccc(O)cc2)CC1. The number of carbonyl (C=O) groups is 1. The van der Waals surface area contributed by atoms with Gasteiger partial charge >= 0.3 is 0 Å². The molecule has 0 aliphatic carbocycles. The third-order valence-corrected chi connectivity index (χ3v) is 5.71. The van der Waals surface area contributed by atoms with Gasteiger partial charge in [0.15, 0.2) is 0 Å². The monoisotopic (exact) mass is 394 g/mol. The number of nitrogens with one attached hydrogen (secondary N) is 1. The topological polar surface area (TPSA) is 73.4 Å². The number of rotatable bonds is 4. The molecule has 2 heterocycles. The fourth-order valence-electron chi connectivity index (χ4n) is 3.99. The summed E-state index contributed by atoms with van der Waals surface area (Å²) >= 11 is 0. The normalized spacial score (nSPS) is 15.0. The summed E-state index contributed by atoms with van der Waals surface area (Å²) in [6, 6.07) is 13.0. The van der Waals surface area contributed by atoms with E-state index in [9.17, 15) is 19.1 Å². The number of likely N-dealkylation sites (tertiary alicyclic amines) is 1. The molecule has 1 aliphatic heterocycles. The average molecular weight is 394 g/mol. The molecule has 0 atom stereocenters. The van der Waals surface area contributed by atoms with Gasteiger partial charge in [0.1, 0.15) is 11.6 Å². The van der Waals surface area contributed by atoms with Crippen molar-refractivity contribution >= 4 is 16.8 Å². The van der Waals surface area contributed by atoms with Crippen LogP contribution in [-0.2, 0) is 6.42 Å². The number of amides is 1. The number of fused-ring (bicyclic) bond motifs is 1. The van der Waals surface area contributed by atoms with Crippen molar-refractivity contribution in [1.29, 1.82) is 0 Å². The van der Waals surface area contributed by atoms with Crippen molar-refractivity contribution in [3.8, 4) is 5.75 Å². The van der Waals surface area contributed by atoms with Crippen molar-refractivity contribution < 1.29 is 14.3 Å². The van der Waals surface area contributed by atoms with Gasteiger partial charge in [-0.3, -0.25) is 9.59 Å². The third-order valence-electron chi connectivity index (χ3n) is 5.71. The summed E-state index contributed by atoms with van der Waals surface area (Å²) in [5.41, 5.74) is 1.27. The van der Waals surface area contributed by atoms with Crippen LogP contribution >= 0.6 is 0 Å². The molecule has 1 aliphatic rings. The van der Waals surface area contributed by atoms with Gasteiger partial charge in [0.05, 0.1) is 5.52 Å². The number of aromatic hydroxyl groups is 1. The number of aromatic nitrogens is 1. The Kier molecular flexibility index (Phi) is 5.34. The van der Waals surface area contributed by atoms with Crippen LogP contribution in [0.4, 0.5) is 4.39 Å². The number of phenolic OH excluding ortho intramolecular Hbond substituents is 1. The van der Waals surface area contributed by atoms with Gasteiger partial charge in [-0.25, -0.2) is 4.39 Å². The Morgan fingerprint density at radius 2 is 1.83 bits per heavy atom. The van der Waals surface area contributed by atoms with Crippen LogP contribution < -0.4 is 5.56 Å². The summed E-state index contributed by atoms with van der Waals surface area (Å²) in [5, 5.41) is 9.87. The smallest absolute Gasteiger partial charge is 0.253 e. The first-order chi connectivity index (χ1) is 14.0. The van der Waals surface area contributed by atoms with Gasteiger partial charge in [0.25, 0.3) is 5.91 Å². The van der Waals surface area contributed by atoms with Crippen LogP contribution in [-0.4, -0.2) is 34.0 Å². The standard InChI is InChI=1S/C23H23FN2O3/c24-20-14-18(13-17-5-8-21(28)25-22(17)20)23(29)26-11-9-16(10-12-26)2-1-15-3-6-19(27)7-4-15/h3-8,13-14,16,27H,1-2,9-12H2,(H,25,28). The van der Waals surface area contributed by atoms with Gasteiger partial charge in [-0.15, -0.1) is 0 Å². The van der Waals surface area contributed by atoms with E-state index >= 15 is 0 Å². The second kappa shape index (κ2) is 8.07. The van der Waals surface area contributed by atoms with Crippen molar-refractivity contribution in [2.24, 2.45) is 5.92 Å². The van der Waals surface area contributed by atoms with Gasteiger partial charge in [-0.1, -0.05) is 12.1 Å². The van der Waals surface area contributed by atoms with E-state index in [1.54, 1.807) is 23.1 Å². The minimum atomic E-state index is -0.590. The summed E-state index contributed by atoms with van der Waals surface area (Å²) in [6.07, 6.45) is 3.85. The van der Waals surface area contributed by atoms with Crippen LogP contribution in [0.3, 0.4) is 0 Å². The third kappa shape index (κ3) is 4.31. The van der Waals surface area contributed by atoms with Crippen molar-refractivity contribution in [3.05, 3.63) is 75.8 Å². The molecule has 0 unspecified atom stereocenters. The highest BCUT2D eigenvalue weighted by atomic mass is 19.1. The van der Waals surface area contributed by atoms with Crippen molar-refractivity contribution in [2.75, 3.05) is 13.1 Å². The van der Waals surface area contributed by atoms with Gasteiger partial charge in [0, 0.05) is 30.1 Å². The molecule has 1 fully saturated rings. The molecule has 1 amide bonds. The lowest BCUT2D eigenvalue weighted by atomic mass is 9.90. The summed E-state index contributed by atoms with van der Waals surface area (Å²) in [5.74, 6) is 0.0599. The molecule has 0 spiro atoms. The summed E-state index contributed by atoms with van der Waals surface area (Å²) < 4.78 is 14.3. The molecule has 2 aromatic carbocycles. The number of benzene rings is 2. The number of halogens is 1. The Hall–Kier alpha value is -3.15. The van der Waals surface area contributed by atoms with E-state index in [2.05, 4.69) is 4.98 Å². The number of hydrogen-bond donors (Lipinski definition) is 2. The highest BCUT2D eigenvalue weighted by Gasteiger charge is 2.24. The van der Waals surface area contributed by atoms with Crippen LogP contribution in [0.15, 0.2) is 53.3 Å². The van der Waals surface area contributed by atoms with Gasteiger partial charge in [0.2, 0.25) is 5.56 Å². The molecular formula is C23H23FN2O3. The van der Waals surface area contributed by atoms with Gasteiger partial charge in [-0.2, -0.15) is 0 Å². The molecule has 150 valence electrons. The van der Waals surface area contributed by atoms with E-state index in [1.807, 2.05) is 12.1 Å². The number of nitrogens with zero attached hydrogens (tertiary/aromatic N) is 1. The maximum absolute atomic E-state index is 14.3. The van der Waals surface area contributed by atoms with E-state index in [1.165, 1.54) is 23.8 Å². The van der Waals surface area contributed by atoms with E-state index in [4.69, 9.17) is 0 Å². The lowest BCUT2D eigenvalue weighted by Crippen LogP contribution is -2.38. The van der Waals surface area contributed by atoms with Crippen LogP contribution in [0.5, 0.6) is 5.75 Å². The summed E-state index contributed by atoms with van der Waals surface area (Å²) in [6.45, 7) is 1.31. The lowest BCUT2D eigenvalue weighted by Gasteiger charge is -2.32. The molecule has 3 aromatic rings. The van der Waals surface area contributed by atoms with E-state index in [0.29, 0.717) is 30.0 Å². The second-order valence-electron chi connectivity index (χ2n) is 7.69. The Labute approximate surface area is 167 Å². The van der Waals surface area contributed by atoms with E-state index in [-0.39, 0.29) is 22.7 Å². The van der Waals surface area contributed by atoms with E-state index < -0.39 is 5.82 Å². The molecule has 29 heavy (non-hydrogen) atoms. The number of carbonyl (C=O) groups excluding carboxylic acids is 1. The first kappa shape index (κ1) is 19.2. The number of aryl methyl sites for hydroxylation is 1. The highest BCUT2D eigenvalue weighted by Crippen LogP contribution is 2.25. The maximum Gasteiger partial charge on any atom is 0.253 e. The molecule has 6 heteroatoms. The fraction of sp³-hybridized carbons (Fsp3) is 0.304. The van der Waals surface area contributed by atoms with Crippen LogP contribution in [0.25, 0.3) is 10.9 Å². The quantitative estimate of drug-likeness (QED) is 0.706. The Morgan fingerprint density at radius 1 is 1.10 bits per heavy atom. The van der Waals surface area contributed by atoms with Crippen molar-refractivity contribution in [3.63, 3.8) is 0 Å². The lowest BCUT2D eigenvalue weighted by molar-refractivity contribution is 0.0686. The molecule has 1 aromatic heterocycles. The average Bonchev–Trinajstić information content (AvgIpc) is 2.73. The molecule has 2 N–H and O–H groups in total. The van der Waals surface area contributed by atoms with Gasteiger partial charge in [-0.05, 0) is 67.5 Å². The largest absolute Gasteiger partial charge is 0.508 e. The number of pyridine rings is 1. The molecule has 0 saturated carbocycles. The predicted molar refractivity (Wildman–Crippen MR) is 110 cm³/mol. The summed E-state index contributed by atoms with van der Waals surface area (Å²) in [7, 11) is 0. The Morgan fingerprint density at radius 3 is 2.55 bits per heavy atom. The maximum atomic E-state index is 14.3. The Bertz CT molecular complexity index is 1080. The minimum absolute atomic E-state index is 0.127. The number of aromatic amines is 1. The number of phenols is 1. The molecule has 4 rings (SSSR count). The van der Waals surface area contributed by atoms with E-state index in [0.717, 1.165) is 25.7 Å². The molecule has 0 radical (unpaired) electrons. The van der Waals surface area contributed by atoms with Gasteiger partial charge < -0.3 is 15.0 Å². The molecule has 0 bridgehead atoms. The second-order valence-corrected chi connectivity index (χ2v) is 7.69. The van der Waals surface area contributed by atoms with Crippen LogP contribution in [0.1, 0.15) is 35.2 Å². The van der Waals surface area contributed by atoms with Crippen molar-refractivity contribution in [2.45, 2.75) is 25.7 Å². The zero-order valence-electron chi connectivity index (χ0n) is 16.0. The number of piperidine rings is 1. The minimum Gasteiger partial charge on any atom is -0.508 e. The molecular weight excluding hydrogens is 371 g/mol. The zero-order valence-corrected chi connectivity index (χ0v) is 16.0. The first-order valence-electron chi connectivity index (χ1n) is 9.89.